The first-order valence-electron chi connectivity index (χ1n) is 8.87. The fourth-order valence-electron chi connectivity index (χ4n) is 2.96. The van der Waals surface area contributed by atoms with Gasteiger partial charge in [0.15, 0.2) is 0 Å². The van der Waals surface area contributed by atoms with Crippen molar-refractivity contribution in [3.05, 3.63) is 48.2 Å². The molecule has 3 rings (SSSR count). The Morgan fingerprint density at radius 3 is 2.76 bits per heavy atom. The summed E-state index contributed by atoms with van der Waals surface area (Å²) in [6.07, 6.45) is 4.02. The van der Waals surface area contributed by atoms with Crippen molar-refractivity contribution in [3.63, 3.8) is 0 Å². The average molecular weight is 336 g/mol. The molecule has 0 unspecified atom stereocenters. The minimum absolute atomic E-state index is 0.656. The van der Waals surface area contributed by atoms with Crippen molar-refractivity contribution in [1.29, 1.82) is 5.26 Å². The Hall–Kier alpha value is -2.42. The fourth-order valence-corrected chi connectivity index (χ4v) is 2.96. The van der Waals surface area contributed by atoms with Gasteiger partial charge < -0.3 is 15.0 Å². The summed E-state index contributed by atoms with van der Waals surface area (Å²) < 4.78 is 5.81. The van der Waals surface area contributed by atoms with Crippen LogP contribution >= 0.6 is 0 Å². The zero-order valence-corrected chi connectivity index (χ0v) is 14.4. The lowest BCUT2D eigenvalue weighted by molar-refractivity contribution is 0.243. The minimum Gasteiger partial charge on any atom is -0.492 e. The molecule has 1 aliphatic rings. The van der Waals surface area contributed by atoms with Crippen LogP contribution < -0.4 is 10.1 Å². The summed E-state index contributed by atoms with van der Waals surface area (Å²) in [4.78, 5) is 6.95. The Morgan fingerprint density at radius 2 is 2.00 bits per heavy atom. The van der Waals surface area contributed by atoms with Crippen molar-refractivity contribution in [2.75, 3.05) is 39.3 Å². The quantitative estimate of drug-likeness (QED) is 0.822. The van der Waals surface area contributed by atoms with E-state index in [-0.39, 0.29) is 0 Å². The Labute approximate surface area is 149 Å². The lowest BCUT2D eigenvalue weighted by Crippen LogP contribution is -2.29. The number of nitriles is 1. The Morgan fingerprint density at radius 1 is 1.12 bits per heavy atom. The van der Waals surface area contributed by atoms with Gasteiger partial charge in [0, 0.05) is 25.2 Å². The van der Waals surface area contributed by atoms with E-state index in [1.54, 1.807) is 18.3 Å². The highest BCUT2D eigenvalue weighted by molar-refractivity contribution is 5.60. The van der Waals surface area contributed by atoms with E-state index in [9.17, 15) is 0 Å². The monoisotopic (exact) mass is 336 g/mol. The normalized spacial score (nSPS) is 15.3. The van der Waals surface area contributed by atoms with Crippen LogP contribution in [0, 0.1) is 11.3 Å². The van der Waals surface area contributed by atoms with E-state index in [1.165, 1.54) is 13.0 Å². The molecule has 5 nitrogen and oxygen atoms in total. The molecule has 1 aromatic heterocycles. The van der Waals surface area contributed by atoms with Crippen LogP contribution in [-0.2, 0) is 0 Å². The molecular weight excluding hydrogens is 312 g/mol. The topological polar surface area (TPSA) is 61.2 Å². The van der Waals surface area contributed by atoms with Crippen molar-refractivity contribution in [1.82, 2.24) is 15.2 Å². The molecule has 0 radical (unpaired) electrons. The zero-order chi connectivity index (χ0) is 17.3. The van der Waals surface area contributed by atoms with Gasteiger partial charge in [-0.05, 0) is 50.2 Å². The SMILES string of the molecule is N#Cc1ccc(-c2ccc(OCCCN3CCCNCC3)cn2)cc1. The number of hydrogen-bond donors (Lipinski definition) is 1. The molecule has 0 atom stereocenters. The molecule has 2 heterocycles. The highest BCUT2D eigenvalue weighted by Gasteiger charge is 2.07. The average Bonchev–Trinajstić information content (AvgIpc) is 2.95. The van der Waals surface area contributed by atoms with E-state index in [0.29, 0.717) is 12.2 Å². The molecule has 25 heavy (non-hydrogen) atoms. The molecule has 2 aromatic rings. The Kier molecular flexibility index (Phi) is 6.38. The van der Waals surface area contributed by atoms with Crippen LogP contribution in [-0.4, -0.2) is 49.2 Å². The third kappa shape index (κ3) is 5.28. The van der Waals surface area contributed by atoms with Gasteiger partial charge >= 0.3 is 0 Å². The predicted molar refractivity (Wildman–Crippen MR) is 98.4 cm³/mol. The van der Waals surface area contributed by atoms with E-state index >= 15 is 0 Å². The number of pyridine rings is 1. The van der Waals surface area contributed by atoms with Crippen LogP contribution in [0.1, 0.15) is 18.4 Å². The number of aromatic nitrogens is 1. The molecule has 1 aromatic carbocycles. The van der Waals surface area contributed by atoms with E-state index < -0.39 is 0 Å². The van der Waals surface area contributed by atoms with Gasteiger partial charge in [-0.15, -0.1) is 0 Å². The van der Waals surface area contributed by atoms with Crippen LogP contribution in [0.2, 0.25) is 0 Å². The molecule has 0 bridgehead atoms. The standard InChI is InChI=1S/C20H24N4O/c21-15-17-3-5-18(6-4-17)20-8-7-19(16-23-20)25-14-2-12-24-11-1-9-22-10-13-24/h3-8,16,22H,1-2,9-14H2. The van der Waals surface area contributed by atoms with E-state index in [1.807, 2.05) is 24.3 Å². The zero-order valence-electron chi connectivity index (χ0n) is 14.4. The summed E-state index contributed by atoms with van der Waals surface area (Å²) in [7, 11) is 0. The smallest absolute Gasteiger partial charge is 0.137 e. The maximum Gasteiger partial charge on any atom is 0.137 e. The highest BCUT2D eigenvalue weighted by Crippen LogP contribution is 2.20. The number of nitrogens with zero attached hydrogens (tertiary/aromatic N) is 3. The fraction of sp³-hybridized carbons (Fsp3) is 0.400. The third-order valence-electron chi connectivity index (χ3n) is 4.37. The molecule has 130 valence electrons. The summed E-state index contributed by atoms with van der Waals surface area (Å²) in [5.41, 5.74) is 2.54. The van der Waals surface area contributed by atoms with Gasteiger partial charge in [0.1, 0.15) is 5.75 Å². The van der Waals surface area contributed by atoms with Gasteiger partial charge in [-0.3, -0.25) is 4.98 Å². The summed E-state index contributed by atoms with van der Waals surface area (Å²) in [6, 6.07) is 13.5. The number of benzene rings is 1. The van der Waals surface area contributed by atoms with Gasteiger partial charge in [0.05, 0.1) is 30.1 Å². The number of ether oxygens (including phenoxy) is 1. The van der Waals surface area contributed by atoms with Gasteiger partial charge in [-0.2, -0.15) is 5.26 Å². The van der Waals surface area contributed by atoms with Crippen LogP contribution in [0.25, 0.3) is 11.3 Å². The van der Waals surface area contributed by atoms with Crippen molar-refractivity contribution in [2.24, 2.45) is 0 Å². The predicted octanol–water partition coefficient (Wildman–Crippen LogP) is 2.68. The number of hydrogen-bond acceptors (Lipinski definition) is 5. The third-order valence-corrected chi connectivity index (χ3v) is 4.37. The highest BCUT2D eigenvalue weighted by atomic mass is 16.5. The molecule has 1 fully saturated rings. The molecule has 0 aliphatic carbocycles. The Balaban J connectivity index is 1.45. The first kappa shape index (κ1) is 17.4. The minimum atomic E-state index is 0.656. The van der Waals surface area contributed by atoms with E-state index in [2.05, 4.69) is 21.3 Å². The van der Waals surface area contributed by atoms with Crippen LogP contribution in [0.15, 0.2) is 42.6 Å². The maximum absolute atomic E-state index is 8.85. The first-order valence-corrected chi connectivity index (χ1v) is 8.87. The van der Waals surface area contributed by atoms with Crippen LogP contribution in [0.3, 0.4) is 0 Å². The molecule has 1 N–H and O–H groups in total. The van der Waals surface area contributed by atoms with Gasteiger partial charge in [-0.1, -0.05) is 12.1 Å². The van der Waals surface area contributed by atoms with Gasteiger partial charge in [0.25, 0.3) is 0 Å². The summed E-state index contributed by atoms with van der Waals surface area (Å²) in [5.74, 6) is 0.801. The molecule has 0 amide bonds. The van der Waals surface area contributed by atoms with Gasteiger partial charge in [0.2, 0.25) is 0 Å². The lowest BCUT2D eigenvalue weighted by Gasteiger charge is -2.19. The number of nitrogens with one attached hydrogen (secondary N) is 1. The molecule has 5 heteroatoms. The summed E-state index contributed by atoms with van der Waals surface area (Å²) in [6.45, 7) is 6.31. The first-order chi connectivity index (χ1) is 12.3. The maximum atomic E-state index is 8.85. The van der Waals surface area contributed by atoms with E-state index in [0.717, 1.165) is 49.6 Å². The molecule has 1 aliphatic heterocycles. The second-order valence-corrected chi connectivity index (χ2v) is 6.22. The van der Waals surface area contributed by atoms with E-state index in [4.69, 9.17) is 10.00 Å². The lowest BCUT2D eigenvalue weighted by atomic mass is 10.1. The molecule has 1 saturated heterocycles. The van der Waals surface area contributed by atoms with Crippen LogP contribution in [0.4, 0.5) is 0 Å². The van der Waals surface area contributed by atoms with Crippen molar-refractivity contribution < 1.29 is 4.74 Å². The second kappa shape index (κ2) is 9.16. The van der Waals surface area contributed by atoms with Gasteiger partial charge in [-0.25, -0.2) is 0 Å². The molecule has 0 spiro atoms. The molecule has 0 saturated carbocycles. The summed E-state index contributed by atoms with van der Waals surface area (Å²) in [5, 5.41) is 12.3. The Bertz CT molecular complexity index is 683. The second-order valence-electron chi connectivity index (χ2n) is 6.22. The van der Waals surface area contributed by atoms with Crippen molar-refractivity contribution in [2.45, 2.75) is 12.8 Å². The van der Waals surface area contributed by atoms with Crippen molar-refractivity contribution >= 4 is 0 Å². The van der Waals surface area contributed by atoms with Crippen molar-refractivity contribution in [3.8, 4) is 23.1 Å². The molecular formula is C20H24N4O. The summed E-state index contributed by atoms with van der Waals surface area (Å²) >= 11 is 0. The largest absolute Gasteiger partial charge is 0.492 e. The van der Waals surface area contributed by atoms with Crippen LogP contribution in [0.5, 0.6) is 5.75 Å². The number of rotatable bonds is 6.